The smallest absolute Gasteiger partial charge is 0.240 e. The van der Waals surface area contributed by atoms with Gasteiger partial charge < -0.3 is 9.84 Å². The van der Waals surface area contributed by atoms with E-state index in [1.54, 1.807) is 19.2 Å². The SMILES string of the molecule is COc1c(C)cc(S(=O)(=O)NCC[C@H](CCO)c2ccccc2)cc1C. The topological polar surface area (TPSA) is 75.6 Å². The Bertz CT molecular complexity index is 796. The van der Waals surface area contributed by atoms with Crippen LogP contribution >= 0.6 is 0 Å². The van der Waals surface area contributed by atoms with Crippen molar-refractivity contribution in [2.75, 3.05) is 20.3 Å². The van der Waals surface area contributed by atoms with Crippen LogP contribution in [0.4, 0.5) is 0 Å². The fourth-order valence-electron chi connectivity index (χ4n) is 3.20. The molecule has 2 aromatic carbocycles. The first kappa shape index (κ1) is 20.4. The van der Waals surface area contributed by atoms with Crippen molar-refractivity contribution in [2.24, 2.45) is 0 Å². The van der Waals surface area contributed by atoms with Crippen LogP contribution in [0.5, 0.6) is 5.75 Å². The lowest BCUT2D eigenvalue weighted by molar-refractivity contribution is 0.273. The first-order valence-corrected chi connectivity index (χ1v) is 10.2. The number of ether oxygens (including phenoxy) is 1. The van der Waals surface area contributed by atoms with E-state index in [1.165, 1.54) is 0 Å². The summed E-state index contributed by atoms with van der Waals surface area (Å²) in [6, 6.07) is 13.1. The van der Waals surface area contributed by atoms with E-state index < -0.39 is 10.0 Å². The highest BCUT2D eigenvalue weighted by Crippen LogP contribution is 2.27. The van der Waals surface area contributed by atoms with Gasteiger partial charge >= 0.3 is 0 Å². The first-order valence-electron chi connectivity index (χ1n) is 8.69. The van der Waals surface area contributed by atoms with Crippen LogP contribution in [-0.4, -0.2) is 33.8 Å². The molecular weight excluding hydrogens is 350 g/mol. The number of rotatable bonds is 9. The monoisotopic (exact) mass is 377 g/mol. The van der Waals surface area contributed by atoms with Crippen LogP contribution in [-0.2, 0) is 10.0 Å². The van der Waals surface area contributed by atoms with Crippen LogP contribution in [0.1, 0.15) is 35.4 Å². The fourth-order valence-corrected chi connectivity index (χ4v) is 4.41. The van der Waals surface area contributed by atoms with E-state index in [-0.39, 0.29) is 17.4 Å². The van der Waals surface area contributed by atoms with Crippen LogP contribution in [0.2, 0.25) is 0 Å². The molecule has 0 saturated carbocycles. The molecule has 0 spiro atoms. The molecule has 0 bridgehead atoms. The zero-order valence-electron chi connectivity index (χ0n) is 15.5. The molecule has 0 aromatic heterocycles. The molecule has 142 valence electrons. The Labute approximate surface area is 156 Å². The minimum absolute atomic E-state index is 0.0726. The number of sulfonamides is 1. The summed E-state index contributed by atoms with van der Waals surface area (Å²) < 4.78 is 33.2. The molecule has 2 N–H and O–H groups in total. The normalized spacial score (nSPS) is 12.8. The van der Waals surface area contributed by atoms with Crippen LogP contribution in [0.15, 0.2) is 47.4 Å². The van der Waals surface area contributed by atoms with Crippen LogP contribution in [0.3, 0.4) is 0 Å². The molecule has 0 heterocycles. The average Bonchev–Trinajstić information content (AvgIpc) is 2.61. The Morgan fingerprint density at radius 2 is 1.69 bits per heavy atom. The number of aryl methyl sites for hydroxylation is 2. The molecule has 0 aliphatic heterocycles. The van der Waals surface area contributed by atoms with Crippen LogP contribution in [0, 0.1) is 13.8 Å². The number of hydrogen-bond donors (Lipinski definition) is 2. The molecule has 0 aliphatic carbocycles. The molecule has 26 heavy (non-hydrogen) atoms. The van der Waals surface area contributed by atoms with Gasteiger partial charge in [-0.25, -0.2) is 13.1 Å². The van der Waals surface area contributed by atoms with Crippen molar-refractivity contribution in [2.45, 2.75) is 37.5 Å². The number of nitrogens with one attached hydrogen (secondary N) is 1. The number of benzene rings is 2. The maximum Gasteiger partial charge on any atom is 0.240 e. The van der Waals surface area contributed by atoms with Gasteiger partial charge in [0, 0.05) is 13.2 Å². The number of aliphatic hydroxyl groups is 1. The average molecular weight is 378 g/mol. The zero-order chi connectivity index (χ0) is 19.2. The predicted molar refractivity (Wildman–Crippen MR) is 103 cm³/mol. The van der Waals surface area contributed by atoms with Gasteiger partial charge in [-0.2, -0.15) is 0 Å². The van der Waals surface area contributed by atoms with Crippen molar-refractivity contribution in [3.63, 3.8) is 0 Å². The first-order chi connectivity index (χ1) is 12.4. The Kier molecular flexibility index (Phi) is 7.20. The quantitative estimate of drug-likeness (QED) is 0.704. The Morgan fingerprint density at radius 1 is 1.08 bits per heavy atom. The summed E-state index contributed by atoms with van der Waals surface area (Å²) in [7, 11) is -2.02. The Balaban J connectivity index is 2.08. The van der Waals surface area contributed by atoms with E-state index in [1.807, 2.05) is 44.2 Å². The largest absolute Gasteiger partial charge is 0.496 e. The molecule has 0 unspecified atom stereocenters. The Morgan fingerprint density at radius 3 is 2.23 bits per heavy atom. The fraction of sp³-hybridized carbons (Fsp3) is 0.400. The summed E-state index contributed by atoms with van der Waals surface area (Å²) >= 11 is 0. The van der Waals surface area contributed by atoms with Gasteiger partial charge in [0.15, 0.2) is 0 Å². The summed E-state index contributed by atoms with van der Waals surface area (Å²) in [6.07, 6.45) is 1.23. The van der Waals surface area contributed by atoms with E-state index >= 15 is 0 Å². The molecule has 0 fully saturated rings. The third kappa shape index (κ3) is 5.06. The van der Waals surface area contributed by atoms with Crippen molar-refractivity contribution >= 4 is 10.0 Å². The van der Waals surface area contributed by atoms with Gasteiger partial charge in [0.1, 0.15) is 5.75 Å². The molecule has 1 atom stereocenters. The molecule has 2 aromatic rings. The number of hydrogen-bond acceptors (Lipinski definition) is 4. The van der Waals surface area contributed by atoms with Gasteiger partial charge in [0.05, 0.1) is 12.0 Å². The molecule has 0 radical (unpaired) electrons. The number of methoxy groups -OCH3 is 1. The second-order valence-electron chi connectivity index (χ2n) is 6.40. The van der Waals surface area contributed by atoms with Crippen molar-refractivity contribution in [3.05, 3.63) is 59.2 Å². The second-order valence-corrected chi connectivity index (χ2v) is 8.16. The van der Waals surface area contributed by atoms with Gasteiger partial charge in [-0.05, 0) is 61.4 Å². The lowest BCUT2D eigenvalue weighted by Crippen LogP contribution is -2.26. The van der Waals surface area contributed by atoms with Gasteiger partial charge in [-0.1, -0.05) is 30.3 Å². The summed E-state index contributed by atoms with van der Waals surface area (Å²) in [6.45, 7) is 4.05. The van der Waals surface area contributed by atoms with Gasteiger partial charge in [-0.3, -0.25) is 0 Å². The number of aliphatic hydroxyl groups excluding tert-OH is 1. The molecule has 0 amide bonds. The highest BCUT2D eigenvalue weighted by atomic mass is 32.2. The zero-order valence-corrected chi connectivity index (χ0v) is 16.3. The van der Waals surface area contributed by atoms with Gasteiger partial charge in [-0.15, -0.1) is 0 Å². The van der Waals surface area contributed by atoms with Gasteiger partial charge in [0.25, 0.3) is 0 Å². The molecule has 5 nitrogen and oxygen atoms in total. The van der Waals surface area contributed by atoms with E-state index in [2.05, 4.69) is 4.72 Å². The summed E-state index contributed by atoms with van der Waals surface area (Å²) in [5.41, 5.74) is 2.68. The molecule has 6 heteroatoms. The van der Waals surface area contributed by atoms with E-state index in [9.17, 15) is 13.5 Å². The highest BCUT2D eigenvalue weighted by Gasteiger charge is 2.18. The van der Waals surface area contributed by atoms with E-state index in [0.29, 0.717) is 25.1 Å². The maximum atomic E-state index is 12.6. The standard InChI is InChI=1S/C20H27NO4S/c1-15-13-19(14-16(2)20(15)25-3)26(23,24)21-11-9-18(10-12-22)17-7-5-4-6-8-17/h4-8,13-14,18,21-22H,9-12H2,1-3H3/t18-/m1/s1. The summed E-state index contributed by atoms with van der Waals surface area (Å²) in [4.78, 5) is 0.242. The Hall–Kier alpha value is -1.89. The molecule has 2 rings (SSSR count). The van der Waals surface area contributed by atoms with Crippen LogP contribution < -0.4 is 9.46 Å². The minimum Gasteiger partial charge on any atom is -0.496 e. The highest BCUT2D eigenvalue weighted by molar-refractivity contribution is 7.89. The van der Waals surface area contributed by atoms with E-state index in [4.69, 9.17) is 4.74 Å². The van der Waals surface area contributed by atoms with E-state index in [0.717, 1.165) is 16.7 Å². The van der Waals surface area contributed by atoms with Crippen molar-refractivity contribution in [1.29, 1.82) is 0 Å². The molecular formula is C20H27NO4S. The molecule has 0 saturated heterocycles. The summed E-state index contributed by atoms with van der Waals surface area (Å²) in [5.74, 6) is 0.819. The minimum atomic E-state index is -3.59. The summed E-state index contributed by atoms with van der Waals surface area (Å²) in [5, 5.41) is 9.30. The lowest BCUT2D eigenvalue weighted by atomic mass is 9.93. The van der Waals surface area contributed by atoms with Crippen molar-refractivity contribution < 1.29 is 18.3 Å². The van der Waals surface area contributed by atoms with Gasteiger partial charge in [0.2, 0.25) is 10.0 Å². The third-order valence-electron chi connectivity index (χ3n) is 4.48. The van der Waals surface area contributed by atoms with Crippen molar-refractivity contribution in [1.82, 2.24) is 4.72 Å². The predicted octanol–water partition coefficient (Wildman–Crippen LogP) is 3.15. The van der Waals surface area contributed by atoms with Crippen LogP contribution in [0.25, 0.3) is 0 Å². The molecule has 0 aliphatic rings. The van der Waals surface area contributed by atoms with Crippen molar-refractivity contribution in [3.8, 4) is 5.75 Å². The lowest BCUT2D eigenvalue weighted by Gasteiger charge is -2.17. The maximum absolute atomic E-state index is 12.6. The second kappa shape index (κ2) is 9.16. The third-order valence-corrected chi connectivity index (χ3v) is 5.92.